The van der Waals surface area contributed by atoms with Gasteiger partial charge in [-0.25, -0.2) is 4.98 Å². The Balaban J connectivity index is 1.01. The van der Waals surface area contributed by atoms with E-state index in [1.807, 2.05) is 6.20 Å². The van der Waals surface area contributed by atoms with Crippen molar-refractivity contribution in [3.8, 4) is 28.4 Å². The van der Waals surface area contributed by atoms with Crippen LogP contribution in [0.5, 0.6) is 11.5 Å². The van der Waals surface area contributed by atoms with Crippen molar-refractivity contribution >= 4 is 44.6 Å². The third kappa shape index (κ3) is 8.86. The van der Waals surface area contributed by atoms with Gasteiger partial charge in [-0.05, 0) is 122 Å². The van der Waals surface area contributed by atoms with Gasteiger partial charge in [-0.1, -0.05) is 191 Å². The minimum atomic E-state index is -0.258. The standard InChI is InChI=1S/C68H66N4O/c1-65(2,3)50-29-32-58-59-33-31-57(44-62(59)72(61(58)40-50)64-42-51(35-36-69-64)66(4,5)6)73-56-28-20-27-54(43-56)70-45-71(63-41-52(30-34-60(63)70)67(7,8)48-23-16-12-17-24-48)55-38-47(46-21-14-11-15-22-46)37-53(39-55)68(9,10)49-25-18-13-19-26-49/h11-44H,45H2,1-10H3. The second-order valence-corrected chi connectivity index (χ2v) is 23.1. The molecule has 0 atom stereocenters. The van der Waals surface area contributed by atoms with E-state index in [4.69, 9.17) is 9.72 Å². The molecule has 2 aromatic heterocycles. The molecular weight excluding hydrogens is 889 g/mol. The molecule has 364 valence electrons. The van der Waals surface area contributed by atoms with Crippen LogP contribution in [0, 0.1) is 0 Å². The third-order valence-corrected chi connectivity index (χ3v) is 15.4. The van der Waals surface area contributed by atoms with E-state index in [0.717, 1.165) is 50.8 Å². The molecule has 0 saturated carbocycles. The molecule has 73 heavy (non-hydrogen) atoms. The van der Waals surface area contributed by atoms with Crippen LogP contribution in [0.3, 0.4) is 0 Å². The number of benzene rings is 8. The van der Waals surface area contributed by atoms with Gasteiger partial charge in [0.25, 0.3) is 0 Å². The highest BCUT2D eigenvalue weighted by Crippen LogP contribution is 2.49. The molecular formula is C68H66N4O. The number of ether oxygens (including phenoxy) is 1. The SMILES string of the molecule is CC(C)(C)c1ccnc(-n2c3cc(Oc4cccc(N5CN(c6cc(-c7ccccc7)cc(C(C)(C)c7ccccc7)c6)c6cc(C(C)(C)c7ccccc7)ccc65)c4)ccc3c3ccc(C(C)(C)C)cc32)c1. The topological polar surface area (TPSA) is 33.5 Å². The van der Waals surface area contributed by atoms with Crippen LogP contribution in [0.25, 0.3) is 38.8 Å². The summed E-state index contributed by atoms with van der Waals surface area (Å²) >= 11 is 0. The van der Waals surface area contributed by atoms with Gasteiger partial charge in [-0.15, -0.1) is 0 Å². The average Bonchev–Trinajstić information content (AvgIpc) is 3.94. The quantitative estimate of drug-likeness (QED) is 0.137. The van der Waals surface area contributed by atoms with Crippen molar-refractivity contribution in [2.24, 2.45) is 0 Å². The second-order valence-electron chi connectivity index (χ2n) is 23.1. The van der Waals surface area contributed by atoms with Crippen LogP contribution in [0.4, 0.5) is 22.7 Å². The van der Waals surface area contributed by atoms with Crippen LogP contribution < -0.4 is 14.5 Å². The molecule has 5 nitrogen and oxygen atoms in total. The van der Waals surface area contributed by atoms with Gasteiger partial charge in [0, 0.05) is 51.3 Å². The van der Waals surface area contributed by atoms with Crippen molar-refractivity contribution in [1.82, 2.24) is 9.55 Å². The predicted octanol–water partition coefficient (Wildman–Crippen LogP) is 18.1. The van der Waals surface area contributed by atoms with E-state index in [9.17, 15) is 0 Å². The Morgan fingerprint density at radius 2 is 0.959 bits per heavy atom. The van der Waals surface area contributed by atoms with E-state index in [-0.39, 0.29) is 21.7 Å². The molecule has 8 aromatic carbocycles. The summed E-state index contributed by atoms with van der Waals surface area (Å²) in [5, 5.41) is 2.35. The van der Waals surface area contributed by atoms with Crippen LogP contribution in [0.1, 0.15) is 103 Å². The molecule has 0 spiro atoms. The maximum Gasteiger partial charge on any atom is 0.137 e. The second kappa shape index (κ2) is 18.0. The molecule has 3 heterocycles. The fourth-order valence-electron chi connectivity index (χ4n) is 10.7. The van der Waals surface area contributed by atoms with Crippen LogP contribution >= 0.6 is 0 Å². The Labute approximate surface area is 432 Å². The first-order valence-corrected chi connectivity index (χ1v) is 25.8. The maximum absolute atomic E-state index is 6.93. The molecule has 0 bridgehead atoms. The molecule has 0 aliphatic carbocycles. The Hall–Kier alpha value is -7.89. The molecule has 10 aromatic rings. The van der Waals surface area contributed by atoms with E-state index >= 15 is 0 Å². The molecule has 11 rings (SSSR count). The van der Waals surface area contributed by atoms with Crippen molar-refractivity contribution in [3.63, 3.8) is 0 Å². The van der Waals surface area contributed by atoms with E-state index in [2.05, 4.69) is 284 Å². The Morgan fingerprint density at radius 3 is 1.63 bits per heavy atom. The smallest absolute Gasteiger partial charge is 0.137 e. The number of nitrogens with zero attached hydrogens (tertiary/aromatic N) is 4. The first-order chi connectivity index (χ1) is 34.9. The zero-order valence-electron chi connectivity index (χ0n) is 44.0. The number of fused-ring (bicyclic) bond motifs is 4. The number of pyridine rings is 1. The predicted molar refractivity (Wildman–Crippen MR) is 307 cm³/mol. The maximum atomic E-state index is 6.93. The summed E-state index contributed by atoms with van der Waals surface area (Å²) in [6.45, 7) is 23.5. The highest BCUT2D eigenvalue weighted by atomic mass is 16.5. The Bertz CT molecular complexity index is 3650. The highest BCUT2D eigenvalue weighted by molar-refractivity contribution is 6.09. The van der Waals surface area contributed by atoms with Gasteiger partial charge in [-0.3, -0.25) is 4.57 Å². The normalized spacial score (nSPS) is 13.2. The Kier molecular flexibility index (Phi) is 11.7. The molecule has 0 amide bonds. The van der Waals surface area contributed by atoms with Crippen LogP contribution in [0.2, 0.25) is 0 Å². The molecule has 0 unspecified atom stereocenters. The van der Waals surface area contributed by atoms with E-state index in [1.54, 1.807) is 0 Å². The van der Waals surface area contributed by atoms with Crippen molar-refractivity contribution in [1.29, 1.82) is 0 Å². The van der Waals surface area contributed by atoms with Crippen LogP contribution in [-0.2, 0) is 21.7 Å². The van der Waals surface area contributed by atoms with Gasteiger partial charge >= 0.3 is 0 Å². The number of hydrogen-bond donors (Lipinski definition) is 0. The number of hydrogen-bond acceptors (Lipinski definition) is 4. The van der Waals surface area contributed by atoms with Gasteiger partial charge in [0.1, 0.15) is 24.0 Å². The van der Waals surface area contributed by atoms with E-state index < -0.39 is 0 Å². The van der Waals surface area contributed by atoms with Gasteiger partial charge in [-0.2, -0.15) is 0 Å². The van der Waals surface area contributed by atoms with Crippen LogP contribution in [0.15, 0.2) is 206 Å². The van der Waals surface area contributed by atoms with Gasteiger partial charge in [0.15, 0.2) is 0 Å². The van der Waals surface area contributed by atoms with Gasteiger partial charge in [0.2, 0.25) is 0 Å². The molecule has 5 heteroatoms. The number of aromatic nitrogens is 2. The lowest BCUT2D eigenvalue weighted by atomic mass is 9.77. The summed E-state index contributed by atoms with van der Waals surface area (Å²) < 4.78 is 9.25. The summed E-state index contributed by atoms with van der Waals surface area (Å²) in [5.41, 5.74) is 16.1. The van der Waals surface area contributed by atoms with E-state index in [0.29, 0.717) is 6.67 Å². The number of anilines is 4. The summed E-state index contributed by atoms with van der Waals surface area (Å²) in [6.07, 6.45) is 1.94. The largest absolute Gasteiger partial charge is 0.457 e. The first kappa shape index (κ1) is 47.4. The third-order valence-electron chi connectivity index (χ3n) is 15.4. The lowest BCUT2D eigenvalue weighted by Crippen LogP contribution is -2.25. The average molecular weight is 955 g/mol. The van der Waals surface area contributed by atoms with Crippen molar-refractivity contribution in [2.45, 2.75) is 90.9 Å². The summed E-state index contributed by atoms with van der Waals surface area (Å²) in [4.78, 5) is 9.94. The minimum Gasteiger partial charge on any atom is -0.457 e. The zero-order chi connectivity index (χ0) is 50.9. The van der Waals surface area contributed by atoms with Crippen LogP contribution in [-0.4, -0.2) is 16.2 Å². The molecule has 1 aliphatic heterocycles. The fraction of sp³-hybridized carbons (Fsp3) is 0.221. The van der Waals surface area contributed by atoms with Gasteiger partial charge < -0.3 is 14.5 Å². The summed E-state index contributed by atoms with van der Waals surface area (Å²) in [6, 6.07) is 73.1. The lowest BCUT2D eigenvalue weighted by Gasteiger charge is -2.30. The summed E-state index contributed by atoms with van der Waals surface area (Å²) in [7, 11) is 0. The zero-order valence-corrected chi connectivity index (χ0v) is 44.0. The fourth-order valence-corrected chi connectivity index (χ4v) is 10.7. The summed E-state index contributed by atoms with van der Waals surface area (Å²) in [5.74, 6) is 2.43. The highest BCUT2D eigenvalue weighted by Gasteiger charge is 2.34. The molecule has 0 fully saturated rings. The van der Waals surface area contributed by atoms with Crippen molar-refractivity contribution < 1.29 is 4.74 Å². The molecule has 0 saturated heterocycles. The van der Waals surface area contributed by atoms with Crippen molar-refractivity contribution in [3.05, 3.63) is 240 Å². The molecule has 1 aliphatic rings. The lowest BCUT2D eigenvalue weighted by molar-refractivity contribution is 0.483. The Morgan fingerprint density at radius 1 is 0.384 bits per heavy atom. The monoisotopic (exact) mass is 955 g/mol. The van der Waals surface area contributed by atoms with Gasteiger partial charge in [0.05, 0.1) is 22.4 Å². The first-order valence-electron chi connectivity index (χ1n) is 25.8. The molecule has 0 radical (unpaired) electrons. The molecule has 0 N–H and O–H groups in total. The van der Waals surface area contributed by atoms with E-state index in [1.165, 1.54) is 55.6 Å². The van der Waals surface area contributed by atoms with Crippen molar-refractivity contribution in [2.75, 3.05) is 16.5 Å². The number of rotatable bonds is 10. The minimum absolute atomic E-state index is 0.0161.